The molecule has 112 valence electrons. The first-order valence-electron chi connectivity index (χ1n) is 8.18. The summed E-state index contributed by atoms with van der Waals surface area (Å²) in [4.78, 5) is 15.0. The van der Waals surface area contributed by atoms with Crippen LogP contribution in [0.1, 0.15) is 45.4 Å². The van der Waals surface area contributed by atoms with Gasteiger partial charge < -0.3 is 10.2 Å². The number of hydrogen-bond acceptors (Lipinski definition) is 4. The second kappa shape index (κ2) is 4.05. The van der Waals surface area contributed by atoms with E-state index < -0.39 is 17.2 Å². The van der Waals surface area contributed by atoms with Crippen molar-refractivity contribution in [1.82, 2.24) is 4.90 Å². The van der Waals surface area contributed by atoms with Crippen LogP contribution < -0.4 is 0 Å². The van der Waals surface area contributed by atoms with Crippen molar-refractivity contribution in [2.24, 2.45) is 17.8 Å². The van der Waals surface area contributed by atoms with Crippen molar-refractivity contribution in [3.05, 3.63) is 0 Å². The summed E-state index contributed by atoms with van der Waals surface area (Å²) in [6.07, 6.45) is 4.13. The van der Waals surface area contributed by atoms with E-state index in [1.54, 1.807) is 0 Å². The number of carbonyl (C=O) groups excluding carboxylic acids is 1. The molecule has 2 aliphatic heterocycles. The van der Waals surface area contributed by atoms with E-state index in [1.807, 2.05) is 0 Å². The minimum Gasteiger partial charge on any atom is -0.390 e. The summed E-state index contributed by atoms with van der Waals surface area (Å²) in [7, 11) is 0. The lowest BCUT2D eigenvalue weighted by Crippen LogP contribution is -2.83. The molecule has 2 heterocycles. The van der Waals surface area contributed by atoms with Gasteiger partial charge in [-0.25, -0.2) is 0 Å². The fourth-order valence-electron chi connectivity index (χ4n) is 6.17. The van der Waals surface area contributed by atoms with E-state index in [2.05, 4.69) is 11.8 Å². The highest BCUT2D eigenvalue weighted by Gasteiger charge is 2.72. The Kier molecular flexibility index (Phi) is 2.68. The third-order valence-electron chi connectivity index (χ3n) is 6.74. The van der Waals surface area contributed by atoms with E-state index in [0.717, 1.165) is 38.8 Å². The van der Waals surface area contributed by atoms with E-state index in [4.69, 9.17) is 0 Å². The number of carbonyl (C=O) groups is 1. The lowest BCUT2D eigenvalue weighted by molar-refractivity contribution is -0.285. The Morgan fingerprint density at radius 3 is 2.90 bits per heavy atom. The molecule has 4 aliphatic rings. The largest absolute Gasteiger partial charge is 0.390 e. The highest BCUT2D eigenvalue weighted by Crippen LogP contribution is 2.61. The maximum atomic E-state index is 12.6. The Hall–Kier alpha value is -0.450. The Morgan fingerprint density at radius 2 is 2.10 bits per heavy atom. The molecule has 4 rings (SSSR count). The smallest absolute Gasteiger partial charge is 0.138 e. The molecular weight excluding hydrogens is 254 g/mol. The fourth-order valence-corrected chi connectivity index (χ4v) is 6.17. The molecule has 2 aliphatic carbocycles. The summed E-state index contributed by atoms with van der Waals surface area (Å²) >= 11 is 0. The molecule has 4 fully saturated rings. The van der Waals surface area contributed by atoms with Crippen molar-refractivity contribution in [1.29, 1.82) is 0 Å². The van der Waals surface area contributed by atoms with Crippen molar-refractivity contribution in [3.8, 4) is 0 Å². The SMILES string of the molecule is C[C@@H]1C[C@H]2CC(=O)[C@H]3CCCN4CC[C@H](O)[C@]2(O)[C@]34C1. The van der Waals surface area contributed by atoms with Gasteiger partial charge in [0, 0.05) is 18.9 Å². The van der Waals surface area contributed by atoms with Gasteiger partial charge in [-0.3, -0.25) is 9.69 Å². The van der Waals surface area contributed by atoms with Gasteiger partial charge in [0.1, 0.15) is 11.4 Å². The Labute approximate surface area is 120 Å². The van der Waals surface area contributed by atoms with Gasteiger partial charge in [-0.1, -0.05) is 6.92 Å². The highest BCUT2D eigenvalue weighted by molar-refractivity contribution is 5.85. The van der Waals surface area contributed by atoms with Gasteiger partial charge in [-0.05, 0) is 50.5 Å². The monoisotopic (exact) mass is 279 g/mol. The Bertz CT molecular complexity index is 453. The number of aliphatic hydroxyl groups is 2. The Morgan fingerprint density at radius 1 is 1.30 bits per heavy atom. The van der Waals surface area contributed by atoms with Crippen LogP contribution in [0.4, 0.5) is 0 Å². The summed E-state index contributed by atoms with van der Waals surface area (Å²) in [5.41, 5.74) is -1.53. The summed E-state index contributed by atoms with van der Waals surface area (Å²) < 4.78 is 0. The molecule has 6 atom stereocenters. The molecule has 2 N–H and O–H groups in total. The minimum atomic E-state index is -1.06. The predicted octanol–water partition coefficient (Wildman–Crippen LogP) is 0.952. The molecule has 2 saturated carbocycles. The zero-order chi connectivity index (χ0) is 14.1. The molecule has 1 spiro atoms. The topological polar surface area (TPSA) is 60.8 Å². The van der Waals surface area contributed by atoms with Crippen LogP contribution in [0.25, 0.3) is 0 Å². The number of Topliss-reactive ketones (excluding diaryl/α,β-unsaturated/α-hetero) is 1. The van der Waals surface area contributed by atoms with Crippen molar-refractivity contribution in [2.45, 2.75) is 62.7 Å². The first kappa shape index (κ1) is 13.2. The normalized spacial score (nSPS) is 55.5. The zero-order valence-electron chi connectivity index (χ0n) is 12.2. The van der Waals surface area contributed by atoms with Crippen LogP contribution in [0, 0.1) is 17.8 Å². The second-order valence-electron chi connectivity index (χ2n) is 7.65. The number of aliphatic hydroxyl groups excluding tert-OH is 1. The second-order valence-corrected chi connectivity index (χ2v) is 7.65. The number of rotatable bonds is 0. The van der Waals surface area contributed by atoms with Crippen LogP contribution in [0.15, 0.2) is 0 Å². The van der Waals surface area contributed by atoms with Gasteiger partial charge in [0.15, 0.2) is 0 Å². The quantitative estimate of drug-likeness (QED) is 0.693. The molecule has 0 aromatic rings. The average Bonchev–Trinajstić information content (AvgIpc) is 2.39. The molecule has 2 saturated heterocycles. The van der Waals surface area contributed by atoms with E-state index in [1.165, 1.54) is 0 Å². The highest BCUT2D eigenvalue weighted by atomic mass is 16.3. The fraction of sp³-hybridized carbons (Fsp3) is 0.938. The molecular formula is C16H25NO3. The molecule has 20 heavy (non-hydrogen) atoms. The van der Waals surface area contributed by atoms with E-state index in [9.17, 15) is 15.0 Å². The van der Waals surface area contributed by atoms with E-state index in [-0.39, 0.29) is 11.8 Å². The lowest BCUT2D eigenvalue weighted by Gasteiger charge is -2.70. The van der Waals surface area contributed by atoms with Crippen LogP contribution in [-0.2, 0) is 4.79 Å². The van der Waals surface area contributed by atoms with Gasteiger partial charge in [0.25, 0.3) is 0 Å². The molecule has 0 aromatic carbocycles. The first-order valence-corrected chi connectivity index (χ1v) is 8.18. The van der Waals surface area contributed by atoms with Crippen molar-refractivity contribution < 1.29 is 15.0 Å². The van der Waals surface area contributed by atoms with Gasteiger partial charge in [0.2, 0.25) is 0 Å². The molecule has 0 radical (unpaired) electrons. The third-order valence-corrected chi connectivity index (χ3v) is 6.74. The van der Waals surface area contributed by atoms with Crippen LogP contribution >= 0.6 is 0 Å². The van der Waals surface area contributed by atoms with Gasteiger partial charge in [-0.2, -0.15) is 0 Å². The minimum absolute atomic E-state index is 0.0501. The molecule has 0 unspecified atom stereocenters. The summed E-state index contributed by atoms with van der Waals surface area (Å²) in [6, 6.07) is 0. The van der Waals surface area contributed by atoms with Gasteiger partial charge in [-0.15, -0.1) is 0 Å². The molecule has 4 nitrogen and oxygen atoms in total. The number of hydrogen-bond donors (Lipinski definition) is 2. The van der Waals surface area contributed by atoms with Crippen LogP contribution in [-0.4, -0.2) is 51.2 Å². The number of nitrogens with zero attached hydrogens (tertiary/aromatic N) is 1. The summed E-state index contributed by atoms with van der Waals surface area (Å²) in [5.74, 6) is 0.758. The van der Waals surface area contributed by atoms with E-state index >= 15 is 0 Å². The van der Waals surface area contributed by atoms with Crippen molar-refractivity contribution >= 4 is 5.78 Å². The Balaban J connectivity index is 1.91. The van der Waals surface area contributed by atoms with Crippen LogP contribution in [0.2, 0.25) is 0 Å². The van der Waals surface area contributed by atoms with Gasteiger partial charge >= 0.3 is 0 Å². The molecule has 2 bridgehead atoms. The van der Waals surface area contributed by atoms with E-state index in [0.29, 0.717) is 24.5 Å². The first-order chi connectivity index (χ1) is 9.50. The molecule has 0 aromatic heterocycles. The predicted molar refractivity (Wildman–Crippen MR) is 74.1 cm³/mol. The average molecular weight is 279 g/mol. The summed E-state index contributed by atoms with van der Waals surface area (Å²) in [6.45, 7) is 4.03. The lowest BCUT2D eigenvalue weighted by atomic mass is 9.45. The van der Waals surface area contributed by atoms with Crippen molar-refractivity contribution in [2.75, 3.05) is 13.1 Å². The standard InChI is InChI=1S/C16H25NO3/c1-10-7-11-8-13(18)12-3-2-5-17-6-4-14(19)16(11,20)15(12,17)9-10/h10-12,14,19-20H,2-9H2,1H3/t10-,11+,12-,14+,15+,16+/m1/s1. The summed E-state index contributed by atoms with van der Waals surface area (Å²) in [5, 5.41) is 22.1. The number of ketones is 1. The maximum Gasteiger partial charge on any atom is 0.138 e. The maximum absolute atomic E-state index is 12.6. The molecule has 0 amide bonds. The number of piperidine rings is 2. The molecule has 4 heteroatoms. The zero-order valence-corrected chi connectivity index (χ0v) is 12.2. The van der Waals surface area contributed by atoms with Gasteiger partial charge in [0.05, 0.1) is 11.6 Å². The van der Waals surface area contributed by atoms with Crippen LogP contribution in [0.5, 0.6) is 0 Å². The third kappa shape index (κ3) is 1.31. The van der Waals surface area contributed by atoms with Crippen molar-refractivity contribution in [3.63, 3.8) is 0 Å². The van der Waals surface area contributed by atoms with Crippen LogP contribution in [0.3, 0.4) is 0 Å².